The number of benzene rings is 2. The molecule has 1 aliphatic heterocycles. The Hall–Kier alpha value is -2.78. The van der Waals surface area contributed by atoms with Crippen LogP contribution in [0, 0.1) is 0 Å². The molecule has 2 aromatic rings. The number of hydrogen-bond acceptors (Lipinski definition) is 6. The Morgan fingerprint density at radius 1 is 1.06 bits per heavy atom. The van der Waals surface area contributed by atoms with E-state index in [-0.39, 0.29) is 11.5 Å². The molecule has 2 N–H and O–H groups in total. The number of hydrogen-bond donors (Lipinski definition) is 2. The summed E-state index contributed by atoms with van der Waals surface area (Å²) in [4.78, 5) is 13.0. The van der Waals surface area contributed by atoms with E-state index >= 15 is 0 Å². The van der Waals surface area contributed by atoms with Gasteiger partial charge < -0.3 is 20.1 Å². The van der Waals surface area contributed by atoms with Gasteiger partial charge in [-0.05, 0) is 36.8 Å². The third-order valence-electron chi connectivity index (χ3n) is 4.96. The van der Waals surface area contributed by atoms with E-state index in [0.29, 0.717) is 42.5 Å². The van der Waals surface area contributed by atoms with Gasteiger partial charge in [0.25, 0.3) is 5.91 Å². The quantitative estimate of drug-likeness (QED) is 0.612. The van der Waals surface area contributed by atoms with Gasteiger partial charge >= 0.3 is 0 Å². The molecule has 2 aromatic carbocycles. The molecule has 9 heteroatoms. The van der Waals surface area contributed by atoms with Gasteiger partial charge in [0.2, 0.25) is 16.1 Å². The normalized spacial score (nSPS) is 15.5. The van der Waals surface area contributed by atoms with Crippen LogP contribution in [-0.4, -0.2) is 51.0 Å². The fraction of sp³-hybridized carbons (Fsp3) is 0.409. The standard InChI is InChI=1S/C22H29N3O5S/c1-4-13-23-17-12-11-16(31(27,28)25(5-2)6-3)14-18(17)24-22(26)21-15-29-19-9-7-8-10-20(19)30-21/h7-12,14,21,23H,4-6,13,15H2,1-3H3,(H,24,26)/t21-/m0/s1. The number of sulfonamides is 1. The largest absolute Gasteiger partial charge is 0.485 e. The third-order valence-corrected chi connectivity index (χ3v) is 7.00. The Kier molecular flexibility index (Phi) is 7.40. The summed E-state index contributed by atoms with van der Waals surface area (Å²) in [5, 5.41) is 6.05. The van der Waals surface area contributed by atoms with Gasteiger partial charge in [0, 0.05) is 19.6 Å². The lowest BCUT2D eigenvalue weighted by Gasteiger charge is -2.26. The lowest BCUT2D eigenvalue weighted by molar-refractivity contribution is -0.125. The minimum Gasteiger partial charge on any atom is -0.485 e. The summed E-state index contributed by atoms with van der Waals surface area (Å²) in [7, 11) is -3.66. The number of nitrogens with zero attached hydrogens (tertiary/aromatic N) is 1. The van der Waals surface area contributed by atoms with Crippen LogP contribution in [0.25, 0.3) is 0 Å². The van der Waals surface area contributed by atoms with E-state index in [1.165, 1.54) is 10.4 Å². The van der Waals surface area contributed by atoms with Crippen LogP contribution in [0.1, 0.15) is 27.2 Å². The van der Waals surface area contributed by atoms with E-state index < -0.39 is 22.0 Å². The van der Waals surface area contributed by atoms with Crippen molar-refractivity contribution < 1.29 is 22.7 Å². The van der Waals surface area contributed by atoms with Gasteiger partial charge in [0.15, 0.2) is 11.5 Å². The molecule has 0 aliphatic carbocycles. The average Bonchev–Trinajstić information content (AvgIpc) is 2.78. The number of para-hydroxylation sites is 2. The van der Waals surface area contributed by atoms with Crippen molar-refractivity contribution in [2.45, 2.75) is 38.2 Å². The highest BCUT2D eigenvalue weighted by atomic mass is 32.2. The second-order valence-electron chi connectivity index (χ2n) is 7.08. The topological polar surface area (TPSA) is 97.0 Å². The second kappa shape index (κ2) is 10.0. The van der Waals surface area contributed by atoms with Gasteiger partial charge in [-0.25, -0.2) is 8.42 Å². The minimum absolute atomic E-state index is 0.0675. The number of rotatable bonds is 9. The van der Waals surface area contributed by atoms with Crippen LogP contribution in [0.2, 0.25) is 0 Å². The zero-order chi connectivity index (χ0) is 22.4. The second-order valence-corrected chi connectivity index (χ2v) is 9.01. The summed E-state index contributed by atoms with van der Waals surface area (Å²) < 4.78 is 38.7. The molecule has 1 atom stereocenters. The summed E-state index contributed by atoms with van der Waals surface area (Å²) in [6.45, 7) is 7.08. The van der Waals surface area contributed by atoms with Gasteiger partial charge in [-0.2, -0.15) is 4.31 Å². The maximum atomic E-state index is 12.9. The van der Waals surface area contributed by atoms with Crippen molar-refractivity contribution in [3.63, 3.8) is 0 Å². The molecule has 0 bridgehead atoms. The number of carbonyl (C=O) groups is 1. The molecule has 0 aromatic heterocycles. The molecule has 3 rings (SSSR count). The number of carbonyl (C=O) groups excluding carboxylic acids is 1. The van der Waals surface area contributed by atoms with Crippen molar-refractivity contribution in [3.8, 4) is 11.5 Å². The van der Waals surface area contributed by atoms with E-state index in [0.717, 1.165) is 6.42 Å². The summed E-state index contributed by atoms with van der Waals surface area (Å²) in [6.07, 6.45) is 0.0282. The zero-order valence-electron chi connectivity index (χ0n) is 18.1. The number of ether oxygens (including phenoxy) is 2. The molecule has 1 heterocycles. The molecule has 0 radical (unpaired) electrons. The van der Waals surface area contributed by atoms with E-state index in [1.807, 2.05) is 13.0 Å². The number of nitrogens with one attached hydrogen (secondary N) is 2. The molecular formula is C22H29N3O5S. The highest BCUT2D eigenvalue weighted by molar-refractivity contribution is 7.89. The fourth-order valence-corrected chi connectivity index (χ4v) is 4.76. The first-order valence-corrected chi connectivity index (χ1v) is 11.9. The lowest BCUT2D eigenvalue weighted by Crippen LogP contribution is -2.40. The van der Waals surface area contributed by atoms with Gasteiger partial charge in [-0.1, -0.05) is 32.9 Å². The summed E-state index contributed by atoms with van der Waals surface area (Å²) in [6, 6.07) is 11.9. The average molecular weight is 448 g/mol. The Balaban J connectivity index is 1.86. The first-order valence-electron chi connectivity index (χ1n) is 10.5. The van der Waals surface area contributed by atoms with Crippen molar-refractivity contribution in [1.29, 1.82) is 0 Å². The molecule has 0 saturated carbocycles. The first-order chi connectivity index (χ1) is 14.9. The fourth-order valence-electron chi connectivity index (χ4n) is 3.28. The van der Waals surface area contributed by atoms with Crippen molar-refractivity contribution in [2.24, 2.45) is 0 Å². The smallest absolute Gasteiger partial charge is 0.269 e. The van der Waals surface area contributed by atoms with Crippen LogP contribution >= 0.6 is 0 Å². The Labute approximate surface area is 183 Å². The maximum absolute atomic E-state index is 12.9. The molecule has 1 amide bonds. The van der Waals surface area contributed by atoms with Crippen LogP contribution in [0.4, 0.5) is 11.4 Å². The van der Waals surface area contributed by atoms with Gasteiger partial charge in [0.1, 0.15) is 6.61 Å². The highest BCUT2D eigenvalue weighted by Crippen LogP contribution is 2.32. The van der Waals surface area contributed by atoms with Crippen molar-refractivity contribution in [2.75, 3.05) is 36.9 Å². The van der Waals surface area contributed by atoms with Crippen molar-refractivity contribution in [3.05, 3.63) is 42.5 Å². The SMILES string of the molecule is CCCNc1ccc(S(=O)(=O)N(CC)CC)cc1NC(=O)[C@@H]1COc2ccccc2O1. The molecule has 8 nitrogen and oxygen atoms in total. The Bertz CT molecular complexity index is 1020. The van der Waals surface area contributed by atoms with Crippen LogP contribution in [0.5, 0.6) is 11.5 Å². The molecule has 0 saturated heterocycles. The monoisotopic (exact) mass is 447 g/mol. The van der Waals surface area contributed by atoms with Crippen molar-refractivity contribution >= 4 is 27.3 Å². The lowest BCUT2D eigenvalue weighted by atomic mass is 10.2. The molecule has 0 fully saturated rings. The minimum atomic E-state index is -3.66. The molecule has 168 valence electrons. The van der Waals surface area contributed by atoms with Gasteiger partial charge in [-0.15, -0.1) is 0 Å². The van der Waals surface area contributed by atoms with Crippen molar-refractivity contribution in [1.82, 2.24) is 4.31 Å². The predicted octanol–water partition coefficient (Wildman–Crippen LogP) is 3.32. The maximum Gasteiger partial charge on any atom is 0.269 e. The number of anilines is 2. The molecule has 31 heavy (non-hydrogen) atoms. The van der Waals surface area contributed by atoms with Crippen LogP contribution in [0.15, 0.2) is 47.4 Å². The van der Waals surface area contributed by atoms with E-state index in [9.17, 15) is 13.2 Å². The third kappa shape index (κ3) is 5.11. The Morgan fingerprint density at radius 2 is 1.77 bits per heavy atom. The van der Waals surface area contributed by atoms with Gasteiger partial charge in [-0.3, -0.25) is 4.79 Å². The highest BCUT2D eigenvalue weighted by Gasteiger charge is 2.29. The summed E-state index contributed by atoms with van der Waals surface area (Å²) in [5.74, 6) is 0.673. The molecule has 0 spiro atoms. The van der Waals surface area contributed by atoms with E-state index in [4.69, 9.17) is 9.47 Å². The first kappa shape index (κ1) is 22.9. The van der Waals surface area contributed by atoms with E-state index in [2.05, 4.69) is 10.6 Å². The van der Waals surface area contributed by atoms with Crippen LogP contribution in [0.3, 0.4) is 0 Å². The van der Waals surface area contributed by atoms with Crippen LogP contribution in [-0.2, 0) is 14.8 Å². The zero-order valence-corrected chi connectivity index (χ0v) is 18.9. The summed E-state index contributed by atoms with van der Waals surface area (Å²) in [5.41, 5.74) is 1.03. The molecule has 0 unspecified atom stereocenters. The molecular weight excluding hydrogens is 418 g/mol. The number of amides is 1. The number of fused-ring (bicyclic) bond motifs is 1. The Morgan fingerprint density at radius 3 is 2.45 bits per heavy atom. The molecule has 1 aliphatic rings. The summed E-state index contributed by atoms with van der Waals surface area (Å²) >= 11 is 0. The predicted molar refractivity (Wildman–Crippen MR) is 120 cm³/mol. The van der Waals surface area contributed by atoms with Crippen LogP contribution < -0.4 is 20.1 Å². The van der Waals surface area contributed by atoms with Gasteiger partial charge in [0.05, 0.1) is 16.3 Å². The van der Waals surface area contributed by atoms with E-state index in [1.54, 1.807) is 44.2 Å².